The molecule has 4 rings (SSSR count). The summed E-state index contributed by atoms with van der Waals surface area (Å²) in [6.07, 6.45) is 0.738. The summed E-state index contributed by atoms with van der Waals surface area (Å²) in [5.74, 6) is -0.847. The molecule has 4 heteroatoms. The number of alkyl halides is 2. The molecular weight excluding hydrogens is 385 g/mol. The number of ether oxygens (including phenoxy) is 1. The Balaban J connectivity index is 1.49. The minimum atomic E-state index is -2.88. The second-order valence-corrected chi connectivity index (χ2v) is 7.82. The maximum Gasteiger partial charge on any atom is 0.267 e. The summed E-state index contributed by atoms with van der Waals surface area (Å²) in [6, 6.07) is 19.3. The van der Waals surface area contributed by atoms with Crippen LogP contribution in [0.4, 0.5) is 13.2 Å². The van der Waals surface area contributed by atoms with Crippen LogP contribution in [0.5, 0.6) is 0 Å². The highest BCUT2D eigenvalue weighted by Gasteiger charge is 2.32. The molecule has 3 aromatic rings. The fourth-order valence-corrected chi connectivity index (χ4v) is 3.85. The van der Waals surface area contributed by atoms with E-state index in [2.05, 4.69) is 31.2 Å². The molecule has 1 atom stereocenters. The third-order valence-corrected chi connectivity index (χ3v) is 5.64. The lowest BCUT2D eigenvalue weighted by Gasteiger charge is -2.13. The highest BCUT2D eigenvalue weighted by molar-refractivity contribution is 5.69. The summed E-state index contributed by atoms with van der Waals surface area (Å²) in [5.41, 5.74) is 4.27. The first-order valence-corrected chi connectivity index (χ1v) is 10.5. The van der Waals surface area contributed by atoms with Crippen LogP contribution in [0.15, 0.2) is 60.7 Å². The Labute approximate surface area is 175 Å². The van der Waals surface area contributed by atoms with Gasteiger partial charge in [0.25, 0.3) is 6.43 Å². The van der Waals surface area contributed by atoms with Gasteiger partial charge in [-0.25, -0.2) is 13.2 Å². The average molecular weight is 410 g/mol. The van der Waals surface area contributed by atoms with Crippen molar-refractivity contribution in [1.82, 2.24) is 0 Å². The molecule has 1 nitrogen and oxygen atoms in total. The van der Waals surface area contributed by atoms with Gasteiger partial charge in [-0.05, 0) is 47.1 Å². The monoisotopic (exact) mass is 410 g/mol. The average Bonchev–Trinajstić information content (AvgIpc) is 3.58. The predicted molar refractivity (Wildman–Crippen MR) is 113 cm³/mol. The van der Waals surface area contributed by atoms with Crippen molar-refractivity contribution in [2.45, 2.75) is 45.1 Å². The Morgan fingerprint density at radius 1 is 0.833 bits per heavy atom. The first kappa shape index (κ1) is 20.7. The Morgan fingerprint density at radius 3 is 1.87 bits per heavy atom. The van der Waals surface area contributed by atoms with Crippen LogP contribution in [0.1, 0.15) is 53.7 Å². The second kappa shape index (κ2) is 9.05. The first-order valence-electron chi connectivity index (χ1n) is 10.5. The molecule has 0 aromatic heterocycles. The van der Waals surface area contributed by atoms with Crippen molar-refractivity contribution < 1.29 is 17.9 Å². The zero-order chi connectivity index (χ0) is 21.1. The van der Waals surface area contributed by atoms with Crippen molar-refractivity contribution in [1.29, 1.82) is 0 Å². The fourth-order valence-electron chi connectivity index (χ4n) is 3.85. The van der Waals surface area contributed by atoms with E-state index in [-0.39, 0.29) is 11.1 Å². The molecule has 1 fully saturated rings. The summed E-state index contributed by atoms with van der Waals surface area (Å²) in [6.45, 7) is 2.56. The molecule has 3 aromatic carbocycles. The molecule has 0 radical (unpaired) electrons. The molecule has 1 heterocycles. The lowest BCUT2D eigenvalue weighted by Crippen LogP contribution is -2.00. The number of rotatable bonds is 8. The molecule has 0 bridgehead atoms. The summed E-state index contributed by atoms with van der Waals surface area (Å²) in [7, 11) is 0. The third kappa shape index (κ3) is 4.59. The molecule has 1 saturated heterocycles. The fraction of sp³-hybridized carbons (Fsp3) is 0.308. The van der Waals surface area contributed by atoms with Crippen molar-refractivity contribution in [3.63, 3.8) is 0 Å². The number of hydrogen-bond acceptors (Lipinski definition) is 1. The summed E-state index contributed by atoms with van der Waals surface area (Å²) < 4.78 is 47.0. The maximum atomic E-state index is 14.7. The van der Waals surface area contributed by atoms with E-state index in [4.69, 9.17) is 4.74 Å². The zero-order valence-corrected chi connectivity index (χ0v) is 17.0. The second-order valence-electron chi connectivity index (χ2n) is 7.82. The normalized spacial score (nSPS) is 15.6. The van der Waals surface area contributed by atoms with E-state index >= 15 is 0 Å². The van der Waals surface area contributed by atoms with E-state index in [1.807, 2.05) is 12.1 Å². The van der Waals surface area contributed by atoms with Gasteiger partial charge >= 0.3 is 0 Å². The van der Waals surface area contributed by atoms with Gasteiger partial charge in [-0.3, -0.25) is 0 Å². The van der Waals surface area contributed by atoms with Crippen LogP contribution in [0, 0.1) is 5.82 Å². The third-order valence-electron chi connectivity index (χ3n) is 5.64. The quantitative estimate of drug-likeness (QED) is 0.357. The standard InChI is InChI=1S/C26H25F3O/c1-2-3-17-4-6-18(7-5-17)8-9-19-10-12-20(13-11-19)21-14-15-22(23-16-30-23)25(27)24(21)26(28)29/h4-7,10-15,23,26H,2-3,8-9,16H2,1H3. The van der Waals surface area contributed by atoms with Gasteiger partial charge in [-0.15, -0.1) is 0 Å². The minimum absolute atomic E-state index is 0.218. The summed E-state index contributed by atoms with van der Waals surface area (Å²) in [4.78, 5) is 0. The van der Waals surface area contributed by atoms with E-state index in [0.29, 0.717) is 12.2 Å². The smallest absolute Gasteiger partial charge is 0.267 e. The van der Waals surface area contributed by atoms with Crippen LogP contribution in [0.2, 0.25) is 0 Å². The molecule has 30 heavy (non-hydrogen) atoms. The molecule has 156 valence electrons. The molecule has 1 aliphatic heterocycles. The van der Waals surface area contributed by atoms with Crippen LogP contribution in [-0.2, 0) is 24.0 Å². The molecule has 0 amide bonds. The number of epoxide rings is 1. The van der Waals surface area contributed by atoms with Crippen LogP contribution in [0.25, 0.3) is 11.1 Å². The SMILES string of the molecule is CCCc1ccc(CCc2ccc(-c3ccc(C4CO4)c(F)c3C(F)F)cc2)cc1. The highest BCUT2D eigenvalue weighted by Crippen LogP contribution is 2.40. The van der Waals surface area contributed by atoms with Crippen LogP contribution in [-0.4, -0.2) is 6.61 Å². The molecular formula is C26H25F3O. The van der Waals surface area contributed by atoms with E-state index in [1.54, 1.807) is 24.3 Å². The van der Waals surface area contributed by atoms with Crippen molar-refractivity contribution in [2.24, 2.45) is 0 Å². The van der Waals surface area contributed by atoms with Crippen molar-refractivity contribution in [2.75, 3.05) is 6.61 Å². The van der Waals surface area contributed by atoms with E-state index in [1.165, 1.54) is 11.1 Å². The van der Waals surface area contributed by atoms with Crippen LogP contribution in [0.3, 0.4) is 0 Å². The molecule has 0 saturated carbocycles. The Kier molecular flexibility index (Phi) is 6.24. The zero-order valence-electron chi connectivity index (χ0n) is 17.0. The lowest BCUT2D eigenvalue weighted by atomic mass is 9.94. The lowest BCUT2D eigenvalue weighted by molar-refractivity contribution is 0.146. The van der Waals surface area contributed by atoms with E-state index < -0.39 is 23.9 Å². The van der Waals surface area contributed by atoms with Crippen LogP contribution < -0.4 is 0 Å². The number of benzene rings is 3. The van der Waals surface area contributed by atoms with Crippen molar-refractivity contribution >= 4 is 0 Å². The molecule has 0 N–H and O–H groups in total. The van der Waals surface area contributed by atoms with E-state index in [0.717, 1.165) is 31.2 Å². The summed E-state index contributed by atoms with van der Waals surface area (Å²) >= 11 is 0. The van der Waals surface area contributed by atoms with Crippen LogP contribution >= 0.6 is 0 Å². The molecule has 0 spiro atoms. The van der Waals surface area contributed by atoms with Gasteiger partial charge in [-0.2, -0.15) is 0 Å². The topological polar surface area (TPSA) is 12.5 Å². The number of hydrogen-bond donors (Lipinski definition) is 0. The van der Waals surface area contributed by atoms with Gasteiger partial charge in [0, 0.05) is 5.56 Å². The Hall–Kier alpha value is -2.59. The van der Waals surface area contributed by atoms with Gasteiger partial charge in [0.15, 0.2) is 0 Å². The number of aryl methyl sites for hydroxylation is 3. The van der Waals surface area contributed by atoms with Crippen molar-refractivity contribution in [3.8, 4) is 11.1 Å². The molecule has 0 aliphatic carbocycles. The Bertz CT molecular complexity index is 990. The minimum Gasteiger partial charge on any atom is -0.368 e. The largest absolute Gasteiger partial charge is 0.368 e. The van der Waals surface area contributed by atoms with Gasteiger partial charge in [0.1, 0.15) is 11.9 Å². The first-order chi connectivity index (χ1) is 14.6. The van der Waals surface area contributed by atoms with Crippen molar-refractivity contribution in [3.05, 3.63) is 94.3 Å². The molecule has 1 aliphatic rings. The van der Waals surface area contributed by atoms with Gasteiger partial charge < -0.3 is 4.74 Å². The molecule has 1 unspecified atom stereocenters. The number of halogens is 3. The van der Waals surface area contributed by atoms with E-state index in [9.17, 15) is 13.2 Å². The summed E-state index contributed by atoms with van der Waals surface area (Å²) in [5, 5.41) is 0. The highest BCUT2D eigenvalue weighted by atomic mass is 19.3. The Morgan fingerprint density at radius 2 is 1.37 bits per heavy atom. The maximum absolute atomic E-state index is 14.7. The van der Waals surface area contributed by atoms with Gasteiger partial charge in [0.05, 0.1) is 12.2 Å². The van der Waals surface area contributed by atoms with Gasteiger partial charge in [0.2, 0.25) is 0 Å². The van der Waals surface area contributed by atoms with Gasteiger partial charge in [-0.1, -0.05) is 74.0 Å². The predicted octanol–water partition coefficient (Wildman–Crippen LogP) is 7.24.